The average molecular weight is 283 g/mol. The SMILES string of the molecule is CNC(=O)c1ccc(-n2c(C)nc3ccc(F)cc32)cc1. The van der Waals surface area contributed by atoms with Crippen molar-refractivity contribution >= 4 is 16.9 Å². The molecule has 1 aromatic heterocycles. The summed E-state index contributed by atoms with van der Waals surface area (Å²) >= 11 is 0. The van der Waals surface area contributed by atoms with Gasteiger partial charge in [0.25, 0.3) is 5.91 Å². The second kappa shape index (κ2) is 5.01. The number of nitrogens with zero attached hydrogens (tertiary/aromatic N) is 2. The van der Waals surface area contributed by atoms with Gasteiger partial charge in [-0.3, -0.25) is 9.36 Å². The fraction of sp³-hybridized carbons (Fsp3) is 0.125. The second-order valence-corrected chi connectivity index (χ2v) is 4.75. The van der Waals surface area contributed by atoms with E-state index >= 15 is 0 Å². The van der Waals surface area contributed by atoms with Crippen LogP contribution in [0.3, 0.4) is 0 Å². The predicted octanol–water partition coefficient (Wildman–Crippen LogP) is 2.83. The lowest BCUT2D eigenvalue weighted by Crippen LogP contribution is -2.17. The Morgan fingerprint density at radius 2 is 1.90 bits per heavy atom. The van der Waals surface area contributed by atoms with Gasteiger partial charge in [0.2, 0.25) is 0 Å². The summed E-state index contributed by atoms with van der Waals surface area (Å²) in [6.07, 6.45) is 0. The number of nitrogens with one attached hydrogen (secondary N) is 1. The van der Waals surface area contributed by atoms with E-state index in [9.17, 15) is 9.18 Å². The van der Waals surface area contributed by atoms with Crippen molar-refractivity contribution in [3.63, 3.8) is 0 Å². The van der Waals surface area contributed by atoms with Crippen molar-refractivity contribution in [1.29, 1.82) is 0 Å². The molecule has 0 atom stereocenters. The van der Waals surface area contributed by atoms with Gasteiger partial charge in [-0.25, -0.2) is 9.37 Å². The van der Waals surface area contributed by atoms with Crippen LogP contribution in [0.25, 0.3) is 16.7 Å². The fourth-order valence-electron chi connectivity index (χ4n) is 2.40. The van der Waals surface area contributed by atoms with E-state index in [1.54, 1.807) is 25.2 Å². The van der Waals surface area contributed by atoms with Crippen molar-refractivity contribution in [2.45, 2.75) is 6.92 Å². The maximum atomic E-state index is 13.5. The monoisotopic (exact) mass is 283 g/mol. The maximum absolute atomic E-state index is 13.5. The number of aryl methyl sites for hydroxylation is 1. The van der Waals surface area contributed by atoms with Crippen LogP contribution in [0.2, 0.25) is 0 Å². The Balaban J connectivity index is 2.14. The predicted molar refractivity (Wildman–Crippen MR) is 79.2 cm³/mol. The average Bonchev–Trinajstić information content (AvgIpc) is 2.82. The highest BCUT2D eigenvalue weighted by molar-refractivity contribution is 5.94. The molecule has 0 aliphatic rings. The van der Waals surface area contributed by atoms with Crippen LogP contribution in [0.5, 0.6) is 0 Å². The number of benzene rings is 2. The molecule has 1 heterocycles. The minimum absolute atomic E-state index is 0.139. The van der Waals surface area contributed by atoms with Gasteiger partial charge in [0.05, 0.1) is 11.0 Å². The van der Waals surface area contributed by atoms with Crippen LogP contribution in [-0.4, -0.2) is 22.5 Å². The van der Waals surface area contributed by atoms with Crippen molar-refractivity contribution in [1.82, 2.24) is 14.9 Å². The minimum atomic E-state index is -0.300. The lowest BCUT2D eigenvalue weighted by atomic mass is 10.2. The zero-order valence-electron chi connectivity index (χ0n) is 11.7. The van der Waals surface area contributed by atoms with Gasteiger partial charge in [-0.2, -0.15) is 0 Å². The van der Waals surface area contributed by atoms with Crippen LogP contribution in [0.15, 0.2) is 42.5 Å². The van der Waals surface area contributed by atoms with Gasteiger partial charge in [0.15, 0.2) is 0 Å². The number of halogens is 1. The Morgan fingerprint density at radius 3 is 2.57 bits per heavy atom. The molecule has 0 aliphatic heterocycles. The second-order valence-electron chi connectivity index (χ2n) is 4.75. The fourth-order valence-corrected chi connectivity index (χ4v) is 2.40. The third kappa shape index (κ3) is 2.27. The molecule has 0 aliphatic carbocycles. The largest absolute Gasteiger partial charge is 0.355 e. The van der Waals surface area contributed by atoms with Crippen molar-refractivity contribution in [3.8, 4) is 5.69 Å². The molecule has 0 saturated heterocycles. The standard InChI is InChI=1S/C16H14FN3O/c1-10-19-14-8-5-12(17)9-15(14)20(10)13-6-3-11(4-7-13)16(21)18-2/h3-9H,1-2H3,(H,18,21). The first kappa shape index (κ1) is 13.3. The topological polar surface area (TPSA) is 46.9 Å². The Hall–Kier alpha value is -2.69. The Bertz CT molecular complexity index is 821. The number of amides is 1. The van der Waals surface area contributed by atoms with E-state index in [4.69, 9.17) is 0 Å². The van der Waals surface area contributed by atoms with E-state index in [0.717, 1.165) is 17.0 Å². The first-order valence-corrected chi connectivity index (χ1v) is 6.57. The third-order valence-corrected chi connectivity index (χ3v) is 3.40. The van der Waals surface area contributed by atoms with Gasteiger partial charge in [0.1, 0.15) is 11.6 Å². The first-order valence-electron chi connectivity index (χ1n) is 6.57. The van der Waals surface area contributed by atoms with E-state index in [-0.39, 0.29) is 11.7 Å². The highest BCUT2D eigenvalue weighted by Crippen LogP contribution is 2.22. The molecule has 0 unspecified atom stereocenters. The molecular formula is C16H14FN3O. The van der Waals surface area contributed by atoms with Gasteiger partial charge in [0, 0.05) is 24.4 Å². The van der Waals surface area contributed by atoms with Crippen molar-refractivity contribution in [3.05, 3.63) is 59.7 Å². The van der Waals surface area contributed by atoms with Gasteiger partial charge in [-0.05, 0) is 43.3 Å². The van der Waals surface area contributed by atoms with Crippen LogP contribution in [0.1, 0.15) is 16.2 Å². The number of hydrogen-bond donors (Lipinski definition) is 1. The molecular weight excluding hydrogens is 269 g/mol. The van der Waals surface area contributed by atoms with Crippen LogP contribution in [-0.2, 0) is 0 Å². The van der Waals surface area contributed by atoms with Gasteiger partial charge in [-0.15, -0.1) is 0 Å². The molecule has 0 bridgehead atoms. The molecule has 3 aromatic rings. The van der Waals surface area contributed by atoms with Crippen LogP contribution in [0, 0.1) is 12.7 Å². The zero-order valence-corrected chi connectivity index (χ0v) is 11.7. The molecule has 0 radical (unpaired) electrons. The quantitative estimate of drug-likeness (QED) is 0.786. The summed E-state index contributed by atoms with van der Waals surface area (Å²) in [5.41, 5.74) is 2.87. The lowest BCUT2D eigenvalue weighted by molar-refractivity contribution is 0.0963. The highest BCUT2D eigenvalue weighted by atomic mass is 19.1. The molecule has 1 N–H and O–H groups in total. The molecule has 0 saturated carbocycles. The number of fused-ring (bicyclic) bond motifs is 1. The molecule has 5 heteroatoms. The molecule has 3 rings (SSSR count). The van der Waals surface area contributed by atoms with Crippen LogP contribution in [0.4, 0.5) is 4.39 Å². The Morgan fingerprint density at radius 1 is 1.19 bits per heavy atom. The summed E-state index contributed by atoms with van der Waals surface area (Å²) in [5, 5.41) is 2.58. The molecule has 1 amide bonds. The number of carbonyl (C=O) groups is 1. The maximum Gasteiger partial charge on any atom is 0.251 e. The van der Waals surface area contributed by atoms with Gasteiger partial charge in [-0.1, -0.05) is 0 Å². The van der Waals surface area contributed by atoms with Gasteiger partial charge >= 0.3 is 0 Å². The normalized spacial score (nSPS) is 10.8. The number of aromatic nitrogens is 2. The smallest absolute Gasteiger partial charge is 0.251 e. The summed E-state index contributed by atoms with van der Waals surface area (Å²) in [5.74, 6) is 0.328. The highest BCUT2D eigenvalue weighted by Gasteiger charge is 2.11. The van der Waals surface area contributed by atoms with Crippen molar-refractivity contribution in [2.75, 3.05) is 7.05 Å². The Labute approximate surface area is 121 Å². The first-order chi connectivity index (χ1) is 10.1. The summed E-state index contributed by atoms with van der Waals surface area (Å²) in [7, 11) is 1.59. The number of carbonyl (C=O) groups excluding carboxylic acids is 1. The van der Waals surface area contributed by atoms with E-state index in [1.807, 2.05) is 23.6 Å². The third-order valence-electron chi connectivity index (χ3n) is 3.40. The van der Waals surface area contributed by atoms with E-state index in [2.05, 4.69) is 10.3 Å². The zero-order chi connectivity index (χ0) is 15.0. The summed E-state index contributed by atoms with van der Waals surface area (Å²) in [6, 6.07) is 11.6. The minimum Gasteiger partial charge on any atom is -0.355 e. The van der Waals surface area contributed by atoms with Crippen LogP contribution < -0.4 is 5.32 Å². The number of imidazole rings is 1. The van der Waals surface area contributed by atoms with E-state index in [0.29, 0.717) is 11.1 Å². The van der Waals surface area contributed by atoms with Crippen LogP contribution >= 0.6 is 0 Å². The molecule has 0 spiro atoms. The summed E-state index contributed by atoms with van der Waals surface area (Å²) < 4.78 is 15.3. The molecule has 4 nitrogen and oxygen atoms in total. The van der Waals surface area contributed by atoms with Crippen molar-refractivity contribution < 1.29 is 9.18 Å². The van der Waals surface area contributed by atoms with Gasteiger partial charge < -0.3 is 5.32 Å². The lowest BCUT2D eigenvalue weighted by Gasteiger charge is -2.08. The Kier molecular flexibility index (Phi) is 3.17. The number of hydrogen-bond acceptors (Lipinski definition) is 2. The van der Waals surface area contributed by atoms with Crippen molar-refractivity contribution in [2.24, 2.45) is 0 Å². The van der Waals surface area contributed by atoms with E-state index < -0.39 is 0 Å². The number of rotatable bonds is 2. The molecule has 21 heavy (non-hydrogen) atoms. The molecule has 0 fully saturated rings. The summed E-state index contributed by atoms with van der Waals surface area (Å²) in [4.78, 5) is 16.0. The molecule has 2 aromatic carbocycles. The summed E-state index contributed by atoms with van der Waals surface area (Å²) in [6.45, 7) is 1.87. The molecule has 106 valence electrons. The van der Waals surface area contributed by atoms with E-state index in [1.165, 1.54) is 12.1 Å².